The first kappa shape index (κ1) is 18.2. The molecule has 0 radical (unpaired) electrons. The molecule has 0 amide bonds. The van der Waals surface area contributed by atoms with Crippen LogP contribution in [0.15, 0.2) is 42.5 Å². The Morgan fingerprint density at radius 2 is 1.83 bits per heavy atom. The second kappa shape index (κ2) is 7.63. The molecule has 0 saturated carbocycles. The Balaban J connectivity index is 2.28. The summed E-state index contributed by atoms with van der Waals surface area (Å²) < 4.78 is 5.32. The summed E-state index contributed by atoms with van der Waals surface area (Å²) in [5.41, 5.74) is 4.32. The molecular formula is C21H27NO2. The third-order valence-electron chi connectivity index (χ3n) is 4.84. The van der Waals surface area contributed by atoms with Crippen molar-refractivity contribution in [2.45, 2.75) is 39.2 Å². The molecule has 1 atom stereocenters. The number of carbonyl (C=O) groups is 1. The topological polar surface area (TPSA) is 38.3 Å². The van der Waals surface area contributed by atoms with E-state index in [2.05, 4.69) is 48.6 Å². The van der Waals surface area contributed by atoms with Crippen LogP contribution in [0.1, 0.15) is 31.9 Å². The van der Waals surface area contributed by atoms with Crippen molar-refractivity contribution in [1.29, 1.82) is 0 Å². The Morgan fingerprint density at radius 1 is 1.17 bits per heavy atom. The number of nitrogens with one attached hydrogen (secondary N) is 1. The zero-order valence-corrected chi connectivity index (χ0v) is 15.3. The Morgan fingerprint density at radius 3 is 2.33 bits per heavy atom. The molecular weight excluding hydrogens is 298 g/mol. The molecule has 2 rings (SSSR count). The number of hydrogen-bond acceptors (Lipinski definition) is 3. The molecule has 0 aliphatic carbocycles. The highest BCUT2D eigenvalue weighted by molar-refractivity contribution is 5.86. The monoisotopic (exact) mass is 325 g/mol. The lowest BCUT2D eigenvalue weighted by atomic mass is 9.88. The summed E-state index contributed by atoms with van der Waals surface area (Å²) in [6.07, 6.45) is 1.64. The largest absolute Gasteiger partial charge is 0.497 e. The summed E-state index contributed by atoms with van der Waals surface area (Å²) in [7, 11) is 3.53. The van der Waals surface area contributed by atoms with Crippen LogP contribution in [0.5, 0.6) is 5.75 Å². The van der Waals surface area contributed by atoms with E-state index in [1.54, 1.807) is 14.0 Å². The quantitative estimate of drug-likeness (QED) is 0.835. The van der Waals surface area contributed by atoms with Crippen molar-refractivity contribution in [3.8, 4) is 16.9 Å². The van der Waals surface area contributed by atoms with Gasteiger partial charge < -0.3 is 10.1 Å². The molecule has 0 saturated heterocycles. The number of hydrogen-bond donors (Lipinski definition) is 1. The number of benzene rings is 2. The fourth-order valence-corrected chi connectivity index (χ4v) is 2.87. The van der Waals surface area contributed by atoms with Gasteiger partial charge in [-0.2, -0.15) is 0 Å². The van der Waals surface area contributed by atoms with Gasteiger partial charge in [-0.3, -0.25) is 4.79 Å². The minimum Gasteiger partial charge on any atom is -0.497 e. The lowest BCUT2D eigenvalue weighted by molar-refractivity contribution is -0.122. The van der Waals surface area contributed by atoms with E-state index in [0.717, 1.165) is 17.7 Å². The molecule has 0 heterocycles. The van der Waals surface area contributed by atoms with Crippen LogP contribution in [0.4, 0.5) is 0 Å². The van der Waals surface area contributed by atoms with Crippen molar-refractivity contribution < 1.29 is 9.53 Å². The number of likely N-dealkylation sites (N-methyl/N-ethyl adjacent to an activating group) is 1. The van der Waals surface area contributed by atoms with Gasteiger partial charge in [0.2, 0.25) is 0 Å². The van der Waals surface area contributed by atoms with Crippen molar-refractivity contribution >= 4 is 5.78 Å². The van der Waals surface area contributed by atoms with E-state index in [-0.39, 0.29) is 5.78 Å². The number of carbonyl (C=O) groups excluding carboxylic acids is 1. The van der Waals surface area contributed by atoms with E-state index >= 15 is 0 Å². The molecule has 128 valence electrons. The van der Waals surface area contributed by atoms with E-state index < -0.39 is 5.54 Å². The minimum absolute atomic E-state index is 0.150. The maximum Gasteiger partial charge on any atom is 0.149 e. The molecule has 0 aliphatic heterocycles. The van der Waals surface area contributed by atoms with Crippen LogP contribution in [0.2, 0.25) is 0 Å². The van der Waals surface area contributed by atoms with Crippen molar-refractivity contribution in [3.05, 3.63) is 53.6 Å². The smallest absolute Gasteiger partial charge is 0.149 e. The van der Waals surface area contributed by atoms with Crippen LogP contribution < -0.4 is 10.1 Å². The summed E-state index contributed by atoms with van der Waals surface area (Å²) in [5, 5.41) is 3.14. The van der Waals surface area contributed by atoms with Crippen LogP contribution in [0.25, 0.3) is 11.1 Å². The summed E-state index contributed by atoms with van der Waals surface area (Å²) in [5.74, 6) is 1.04. The number of methoxy groups -OCH3 is 1. The highest BCUT2D eigenvalue weighted by atomic mass is 16.5. The third-order valence-corrected chi connectivity index (χ3v) is 4.84. The first-order chi connectivity index (χ1) is 11.4. The van der Waals surface area contributed by atoms with E-state index in [0.29, 0.717) is 6.42 Å². The van der Waals surface area contributed by atoms with Gasteiger partial charge in [-0.15, -0.1) is 0 Å². The fraction of sp³-hybridized carbons (Fsp3) is 0.381. The van der Waals surface area contributed by atoms with Gasteiger partial charge >= 0.3 is 0 Å². The lowest BCUT2D eigenvalue weighted by Gasteiger charge is -2.26. The normalized spacial score (nSPS) is 13.4. The molecule has 2 aromatic carbocycles. The summed E-state index contributed by atoms with van der Waals surface area (Å²) in [4.78, 5) is 11.9. The SMILES string of the molecule is CCc1cc(OC)ccc1-c1ccc(CC(C)(NC)C(C)=O)cc1. The highest BCUT2D eigenvalue weighted by Gasteiger charge is 2.27. The number of Topliss-reactive ketones (excluding diaryl/α,β-unsaturated/α-hetero) is 1. The molecule has 2 aromatic rings. The Bertz CT molecular complexity index is 706. The van der Waals surface area contributed by atoms with Gasteiger partial charge in [-0.05, 0) is 68.1 Å². The predicted molar refractivity (Wildman–Crippen MR) is 99.7 cm³/mol. The fourth-order valence-electron chi connectivity index (χ4n) is 2.87. The number of rotatable bonds is 7. The first-order valence-electron chi connectivity index (χ1n) is 8.39. The molecule has 0 aromatic heterocycles. The predicted octanol–water partition coefficient (Wildman–Crippen LogP) is 4.03. The van der Waals surface area contributed by atoms with Crippen LogP contribution in [0, 0.1) is 0 Å². The van der Waals surface area contributed by atoms with Crippen molar-refractivity contribution in [3.63, 3.8) is 0 Å². The number of ether oxygens (including phenoxy) is 1. The molecule has 0 aliphatic rings. The average Bonchev–Trinajstić information content (AvgIpc) is 2.61. The summed E-state index contributed by atoms with van der Waals surface area (Å²) in [6, 6.07) is 14.7. The van der Waals surface area contributed by atoms with Gasteiger partial charge in [0.15, 0.2) is 0 Å². The van der Waals surface area contributed by atoms with E-state index in [9.17, 15) is 4.79 Å². The zero-order valence-electron chi connectivity index (χ0n) is 15.3. The molecule has 3 heteroatoms. The van der Waals surface area contributed by atoms with Gasteiger partial charge in [0.1, 0.15) is 11.5 Å². The number of ketones is 1. The minimum atomic E-state index is -0.518. The van der Waals surface area contributed by atoms with E-state index in [4.69, 9.17) is 4.74 Å². The van der Waals surface area contributed by atoms with E-state index in [1.807, 2.05) is 20.0 Å². The first-order valence-corrected chi connectivity index (χ1v) is 8.39. The van der Waals surface area contributed by atoms with Gasteiger partial charge in [-0.1, -0.05) is 37.3 Å². The third kappa shape index (κ3) is 3.85. The zero-order chi connectivity index (χ0) is 17.7. The van der Waals surface area contributed by atoms with Crippen molar-refractivity contribution in [1.82, 2.24) is 5.32 Å². The summed E-state index contributed by atoms with van der Waals surface area (Å²) >= 11 is 0. The van der Waals surface area contributed by atoms with Gasteiger partial charge in [0, 0.05) is 0 Å². The molecule has 0 bridgehead atoms. The average molecular weight is 325 g/mol. The van der Waals surface area contributed by atoms with Crippen LogP contribution >= 0.6 is 0 Å². The molecule has 0 spiro atoms. The second-order valence-electron chi connectivity index (χ2n) is 6.39. The van der Waals surface area contributed by atoms with Crippen LogP contribution in [-0.2, 0) is 17.6 Å². The van der Waals surface area contributed by atoms with Gasteiger partial charge in [-0.25, -0.2) is 0 Å². The van der Waals surface area contributed by atoms with Crippen molar-refractivity contribution in [2.75, 3.05) is 14.2 Å². The Labute approximate surface area is 145 Å². The molecule has 1 unspecified atom stereocenters. The van der Waals surface area contributed by atoms with Crippen LogP contribution in [0.3, 0.4) is 0 Å². The maximum absolute atomic E-state index is 11.9. The van der Waals surface area contributed by atoms with E-state index in [1.165, 1.54) is 16.7 Å². The Hall–Kier alpha value is -2.13. The Kier molecular flexibility index (Phi) is 5.79. The van der Waals surface area contributed by atoms with Gasteiger partial charge in [0.25, 0.3) is 0 Å². The molecule has 3 nitrogen and oxygen atoms in total. The molecule has 0 fully saturated rings. The standard InChI is InChI=1S/C21H27NO2/c1-6-17-13-19(24-5)11-12-20(17)18-9-7-16(8-10-18)14-21(3,22-4)15(2)23/h7-13,22H,6,14H2,1-5H3. The van der Waals surface area contributed by atoms with Crippen molar-refractivity contribution in [2.24, 2.45) is 0 Å². The number of aryl methyl sites for hydroxylation is 1. The van der Waals surface area contributed by atoms with Crippen LogP contribution in [-0.4, -0.2) is 25.5 Å². The highest BCUT2D eigenvalue weighted by Crippen LogP contribution is 2.28. The lowest BCUT2D eigenvalue weighted by Crippen LogP contribution is -2.48. The van der Waals surface area contributed by atoms with Gasteiger partial charge in [0.05, 0.1) is 12.6 Å². The molecule has 24 heavy (non-hydrogen) atoms. The maximum atomic E-state index is 11.9. The summed E-state index contributed by atoms with van der Waals surface area (Å²) in [6.45, 7) is 5.73. The molecule has 1 N–H and O–H groups in total. The second-order valence-corrected chi connectivity index (χ2v) is 6.39.